The highest BCUT2D eigenvalue weighted by molar-refractivity contribution is 5.87. The van der Waals surface area contributed by atoms with Gasteiger partial charge in [-0.3, -0.25) is 9.79 Å². The molecule has 1 aliphatic heterocycles. The van der Waals surface area contributed by atoms with Crippen molar-refractivity contribution >= 4 is 18.1 Å². The molecule has 2 heterocycles. The van der Waals surface area contributed by atoms with Crippen molar-refractivity contribution in [3.05, 3.63) is 53.1 Å². The number of benzene rings is 1. The van der Waals surface area contributed by atoms with E-state index < -0.39 is 17.6 Å². The SMILES string of the molecule is O=Cc1cc(C2=CC=NCC2)n(-c2ccc(C(F)(F)F)c(F)c2)n1. The Morgan fingerprint density at radius 3 is 2.58 bits per heavy atom. The predicted octanol–water partition coefficient (Wildman–Crippen LogP) is 3.70. The third-order valence-corrected chi connectivity index (χ3v) is 3.57. The van der Waals surface area contributed by atoms with Crippen LogP contribution in [0.4, 0.5) is 17.6 Å². The lowest BCUT2D eigenvalue weighted by Gasteiger charge is -2.13. The van der Waals surface area contributed by atoms with Gasteiger partial charge >= 0.3 is 6.18 Å². The maximum Gasteiger partial charge on any atom is 0.419 e. The Bertz CT molecular complexity index is 849. The van der Waals surface area contributed by atoms with Crippen molar-refractivity contribution in [2.45, 2.75) is 12.6 Å². The van der Waals surface area contributed by atoms with Crippen molar-refractivity contribution in [2.75, 3.05) is 6.54 Å². The zero-order valence-corrected chi connectivity index (χ0v) is 12.2. The van der Waals surface area contributed by atoms with Crippen LogP contribution in [0.25, 0.3) is 11.3 Å². The summed E-state index contributed by atoms with van der Waals surface area (Å²) in [6.07, 6.45) is -0.330. The van der Waals surface area contributed by atoms with Gasteiger partial charge in [0, 0.05) is 18.8 Å². The Hall–Kier alpha value is -2.77. The molecule has 0 saturated heterocycles. The molecular formula is C16H11F4N3O. The van der Waals surface area contributed by atoms with E-state index in [1.54, 1.807) is 12.3 Å². The molecule has 0 amide bonds. The molecule has 8 heteroatoms. The third-order valence-electron chi connectivity index (χ3n) is 3.57. The van der Waals surface area contributed by atoms with Gasteiger partial charge in [-0.25, -0.2) is 9.07 Å². The number of aldehydes is 1. The molecule has 0 atom stereocenters. The lowest BCUT2D eigenvalue weighted by atomic mass is 10.1. The van der Waals surface area contributed by atoms with Crippen molar-refractivity contribution in [1.82, 2.24) is 9.78 Å². The van der Waals surface area contributed by atoms with Gasteiger partial charge in [0.2, 0.25) is 0 Å². The van der Waals surface area contributed by atoms with E-state index in [1.165, 1.54) is 10.7 Å². The summed E-state index contributed by atoms with van der Waals surface area (Å²) in [5, 5.41) is 4.02. The quantitative estimate of drug-likeness (QED) is 0.633. The predicted molar refractivity (Wildman–Crippen MR) is 79.9 cm³/mol. The van der Waals surface area contributed by atoms with Crippen LogP contribution in [0.5, 0.6) is 0 Å². The number of carbonyl (C=O) groups is 1. The van der Waals surface area contributed by atoms with Gasteiger partial charge < -0.3 is 0 Å². The summed E-state index contributed by atoms with van der Waals surface area (Å²) < 4.78 is 53.1. The number of carbonyl (C=O) groups excluding carboxylic acids is 1. The first-order valence-corrected chi connectivity index (χ1v) is 7.02. The third kappa shape index (κ3) is 2.99. The van der Waals surface area contributed by atoms with E-state index in [2.05, 4.69) is 10.1 Å². The summed E-state index contributed by atoms with van der Waals surface area (Å²) in [4.78, 5) is 15.0. The van der Waals surface area contributed by atoms with Gasteiger partial charge in [-0.15, -0.1) is 0 Å². The highest BCUT2D eigenvalue weighted by atomic mass is 19.4. The van der Waals surface area contributed by atoms with Crippen molar-refractivity contribution < 1.29 is 22.4 Å². The van der Waals surface area contributed by atoms with Crippen LogP contribution < -0.4 is 0 Å². The fraction of sp³-hybridized carbons (Fsp3) is 0.188. The monoisotopic (exact) mass is 337 g/mol. The molecule has 0 fully saturated rings. The first-order chi connectivity index (χ1) is 11.4. The number of allylic oxidation sites excluding steroid dienone is 1. The van der Waals surface area contributed by atoms with Crippen LogP contribution in [0.1, 0.15) is 28.2 Å². The van der Waals surface area contributed by atoms with Crippen LogP contribution in [0.15, 0.2) is 35.3 Å². The number of hydrogen-bond acceptors (Lipinski definition) is 3. The highest BCUT2D eigenvalue weighted by Gasteiger charge is 2.34. The fourth-order valence-electron chi connectivity index (χ4n) is 2.45. The minimum atomic E-state index is -4.77. The van der Waals surface area contributed by atoms with Crippen LogP contribution in [0, 0.1) is 5.82 Å². The molecule has 124 valence electrons. The number of hydrogen-bond donors (Lipinski definition) is 0. The molecule has 1 aromatic heterocycles. The molecule has 4 nitrogen and oxygen atoms in total. The number of aromatic nitrogens is 2. The molecule has 0 spiro atoms. The van der Waals surface area contributed by atoms with Gasteiger partial charge in [0.05, 0.1) is 16.9 Å². The van der Waals surface area contributed by atoms with Gasteiger partial charge in [0.1, 0.15) is 11.5 Å². The topological polar surface area (TPSA) is 47.2 Å². The Labute approximate surface area is 134 Å². The van der Waals surface area contributed by atoms with Gasteiger partial charge in [0.25, 0.3) is 0 Å². The Morgan fingerprint density at radius 1 is 1.21 bits per heavy atom. The second-order valence-electron chi connectivity index (χ2n) is 5.14. The summed E-state index contributed by atoms with van der Waals surface area (Å²) in [6, 6.07) is 4.04. The number of halogens is 4. The van der Waals surface area contributed by atoms with Gasteiger partial charge in [-0.2, -0.15) is 18.3 Å². The van der Waals surface area contributed by atoms with E-state index in [9.17, 15) is 22.4 Å². The van der Waals surface area contributed by atoms with Gasteiger partial charge in [-0.05, 0) is 36.3 Å². The molecule has 1 aliphatic rings. The Kier molecular flexibility index (Phi) is 4.04. The summed E-state index contributed by atoms with van der Waals surface area (Å²) in [7, 11) is 0. The molecule has 1 aromatic carbocycles. The lowest BCUT2D eigenvalue weighted by molar-refractivity contribution is -0.140. The molecule has 0 unspecified atom stereocenters. The normalized spacial score (nSPS) is 14.6. The smallest absolute Gasteiger partial charge is 0.296 e. The molecule has 0 N–H and O–H groups in total. The van der Waals surface area contributed by atoms with Crippen LogP contribution >= 0.6 is 0 Å². The second-order valence-corrected chi connectivity index (χ2v) is 5.14. The largest absolute Gasteiger partial charge is 0.419 e. The van der Waals surface area contributed by atoms with E-state index in [0.717, 1.165) is 17.7 Å². The number of alkyl halides is 3. The minimum absolute atomic E-state index is 0.104. The number of nitrogens with zero attached hydrogens (tertiary/aromatic N) is 3. The summed E-state index contributed by atoms with van der Waals surface area (Å²) in [5.41, 5.74) is 0.189. The van der Waals surface area contributed by atoms with E-state index >= 15 is 0 Å². The van der Waals surface area contributed by atoms with E-state index in [-0.39, 0.29) is 11.4 Å². The first kappa shape index (κ1) is 16.1. The number of dihydropyridines is 1. The van der Waals surface area contributed by atoms with Crippen LogP contribution in [-0.4, -0.2) is 28.8 Å². The summed E-state index contributed by atoms with van der Waals surface area (Å²) in [5.74, 6) is -1.40. The highest BCUT2D eigenvalue weighted by Crippen LogP contribution is 2.33. The molecule has 3 rings (SSSR count). The average molecular weight is 337 g/mol. The average Bonchev–Trinajstić information content (AvgIpc) is 2.99. The summed E-state index contributed by atoms with van der Waals surface area (Å²) >= 11 is 0. The van der Waals surface area contributed by atoms with E-state index in [4.69, 9.17) is 0 Å². The molecule has 0 radical (unpaired) electrons. The first-order valence-electron chi connectivity index (χ1n) is 7.02. The van der Waals surface area contributed by atoms with Crippen molar-refractivity contribution in [1.29, 1.82) is 0 Å². The van der Waals surface area contributed by atoms with Crippen LogP contribution in [0.2, 0.25) is 0 Å². The maximum absolute atomic E-state index is 13.8. The van der Waals surface area contributed by atoms with Crippen molar-refractivity contribution in [2.24, 2.45) is 4.99 Å². The molecule has 24 heavy (non-hydrogen) atoms. The van der Waals surface area contributed by atoms with Crippen LogP contribution in [-0.2, 0) is 6.18 Å². The maximum atomic E-state index is 13.8. The zero-order chi connectivity index (χ0) is 17.3. The molecule has 0 saturated carbocycles. The van der Waals surface area contributed by atoms with E-state index in [0.29, 0.717) is 31.0 Å². The van der Waals surface area contributed by atoms with Crippen molar-refractivity contribution in [3.8, 4) is 5.69 Å². The number of aliphatic imine (C=N–C) groups is 1. The number of rotatable bonds is 3. The second kappa shape index (κ2) is 6.03. The fourth-order valence-corrected chi connectivity index (χ4v) is 2.45. The van der Waals surface area contributed by atoms with Gasteiger partial charge in [0.15, 0.2) is 6.29 Å². The zero-order valence-electron chi connectivity index (χ0n) is 12.2. The standard InChI is InChI=1S/C16H11F4N3O/c17-14-8-12(1-2-13(14)16(18,19)20)23-15(7-11(9-24)22-23)10-3-5-21-6-4-10/h1-3,5,7-9H,4,6H2. The van der Waals surface area contributed by atoms with Crippen molar-refractivity contribution in [3.63, 3.8) is 0 Å². The molecule has 2 aromatic rings. The molecule has 0 aliphatic carbocycles. The van der Waals surface area contributed by atoms with E-state index in [1.807, 2.05) is 0 Å². The Morgan fingerprint density at radius 2 is 2.00 bits per heavy atom. The summed E-state index contributed by atoms with van der Waals surface area (Å²) in [6.45, 7) is 0.550. The van der Waals surface area contributed by atoms with Crippen LogP contribution in [0.3, 0.4) is 0 Å². The lowest BCUT2D eigenvalue weighted by Crippen LogP contribution is -2.10. The van der Waals surface area contributed by atoms with Gasteiger partial charge in [-0.1, -0.05) is 0 Å². The molecule has 0 bridgehead atoms. The Balaban J connectivity index is 2.11. The minimum Gasteiger partial charge on any atom is -0.296 e. The molecular weight excluding hydrogens is 326 g/mol.